The first kappa shape index (κ1) is 12.9. The van der Waals surface area contributed by atoms with Gasteiger partial charge in [-0.05, 0) is 25.7 Å². The van der Waals surface area contributed by atoms with Crippen LogP contribution in [-0.2, 0) is 10.0 Å². The molecule has 3 N–H and O–H groups in total. The molecule has 4 nitrogen and oxygen atoms in total. The molecule has 1 aliphatic rings. The lowest BCUT2D eigenvalue weighted by Crippen LogP contribution is -2.39. The molecule has 1 aliphatic carbocycles. The van der Waals surface area contributed by atoms with Gasteiger partial charge >= 0.3 is 0 Å². The summed E-state index contributed by atoms with van der Waals surface area (Å²) >= 11 is 0. The van der Waals surface area contributed by atoms with Crippen LogP contribution >= 0.6 is 0 Å². The van der Waals surface area contributed by atoms with E-state index < -0.39 is 15.3 Å². The van der Waals surface area contributed by atoms with E-state index in [9.17, 15) is 8.42 Å². The highest BCUT2D eigenvalue weighted by Crippen LogP contribution is 2.22. The van der Waals surface area contributed by atoms with E-state index in [2.05, 4.69) is 4.72 Å². The van der Waals surface area contributed by atoms with Crippen LogP contribution < -0.4 is 10.5 Å². The highest BCUT2D eigenvalue weighted by molar-refractivity contribution is 7.90. The van der Waals surface area contributed by atoms with Crippen molar-refractivity contribution in [2.24, 2.45) is 11.7 Å². The van der Waals surface area contributed by atoms with Crippen molar-refractivity contribution >= 4 is 10.0 Å². The molecule has 0 saturated heterocycles. The summed E-state index contributed by atoms with van der Waals surface area (Å²) in [6, 6.07) is 0. The van der Waals surface area contributed by atoms with Crippen molar-refractivity contribution in [1.29, 1.82) is 0 Å². The SMILES string of the molecule is CC(CN)S(=O)(=O)NCC1CCCCC1. The summed E-state index contributed by atoms with van der Waals surface area (Å²) in [4.78, 5) is 0. The molecule has 1 saturated carbocycles. The van der Waals surface area contributed by atoms with Gasteiger partial charge in [0.15, 0.2) is 0 Å². The minimum absolute atomic E-state index is 0.181. The largest absolute Gasteiger partial charge is 0.329 e. The molecular formula is C10H22N2O2S. The fraction of sp³-hybridized carbons (Fsp3) is 1.00. The summed E-state index contributed by atoms with van der Waals surface area (Å²) in [7, 11) is -3.18. The van der Waals surface area contributed by atoms with Crippen LogP contribution in [0, 0.1) is 5.92 Å². The third kappa shape index (κ3) is 4.09. The molecule has 0 aromatic carbocycles. The maximum atomic E-state index is 11.6. The first-order chi connectivity index (χ1) is 7.06. The topological polar surface area (TPSA) is 72.2 Å². The molecular weight excluding hydrogens is 212 g/mol. The monoisotopic (exact) mass is 234 g/mol. The Morgan fingerprint density at radius 2 is 1.93 bits per heavy atom. The van der Waals surface area contributed by atoms with Gasteiger partial charge in [0.05, 0.1) is 5.25 Å². The fourth-order valence-electron chi connectivity index (χ4n) is 1.89. The highest BCUT2D eigenvalue weighted by atomic mass is 32.2. The number of sulfonamides is 1. The zero-order valence-electron chi connectivity index (χ0n) is 9.41. The van der Waals surface area contributed by atoms with E-state index in [1.807, 2.05) is 0 Å². The number of hydrogen-bond acceptors (Lipinski definition) is 3. The van der Waals surface area contributed by atoms with Crippen molar-refractivity contribution in [2.75, 3.05) is 13.1 Å². The van der Waals surface area contributed by atoms with E-state index in [4.69, 9.17) is 5.73 Å². The average molecular weight is 234 g/mol. The second-order valence-electron chi connectivity index (χ2n) is 4.44. The van der Waals surface area contributed by atoms with Gasteiger partial charge in [-0.2, -0.15) is 0 Å². The standard InChI is InChI=1S/C10H22N2O2S/c1-9(7-11)15(13,14)12-8-10-5-3-2-4-6-10/h9-10,12H,2-8,11H2,1H3. The van der Waals surface area contributed by atoms with Gasteiger partial charge in [-0.1, -0.05) is 19.3 Å². The van der Waals surface area contributed by atoms with Crippen molar-refractivity contribution in [3.63, 3.8) is 0 Å². The van der Waals surface area contributed by atoms with Crippen LogP contribution in [0.4, 0.5) is 0 Å². The highest BCUT2D eigenvalue weighted by Gasteiger charge is 2.21. The molecule has 5 heteroatoms. The molecule has 0 aromatic rings. The van der Waals surface area contributed by atoms with Crippen LogP contribution in [0.25, 0.3) is 0 Å². The number of rotatable bonds is 5. The van der Waals surface area contributed by atoms with Crippen LogP contribution in [0.15, 0.2) is 0 Å². The minimum atomic E-state index is -3.18. The maximum absolute atomic E-state index is 11.6. The molecule has 90 valence electrons. The Morgan fingerprint density at radius 1 is 1.33 bits per heavy atom. The summed E-state index contributed by atoms with van der Waals surface area (Å²) in [5.74, 6) is 0.526. The first-order valence-electron chi connectivity index (χ1n) is 5.75. The predicted octanol–water partition coefficient (Wildman–Crippen LogP) is 0.833. The van der Waals surface area contributed by atoms with E-state index in [0.717, 1.165) is 12.8 Å². The smallest absolute Gasteiger partial charge is 0.215 e. The van der Waals surface area contributed by atoms with Crippen molar-refractivity contribution in [3.05, 3.63) is 0 Å². The van der Waals surface area contributed by atoms with Crippen molar-refractivity contribution < 1.29 is 8.42 Å². The fourth-order valence-corrected chi connectivity index (χ4v) is 2.90. The van der Waals surface area contributed by atoms with E-state index >= 15 is 0 Å². The van der Waals surface area contributed by atoms with Gasteiger partial charge in [0.2, 0.25) is 10.0 Å². The summed E-state index contributed by atoms with van der Waals surface area (Å²) in [5, 5.41) is -0.485. The van der Waals surface area contributed by atoms with Crippen LogP contribution in [0.1, 0.15) is 39.0 Å². The molecule has 1 atom stereocenters. The van der Waals surface area contributed by atoms with Crippen molar-refractivity contribution in [1.82, 2.24) is 4.72 Å². The van der Waals surface area contributed by atoms with Gasteiger partial charge in [0.25, 0.3) is 0 Å². The normalized spacial score (nSPS) is 21.5. The first-order valence-corrected chi connectivity index (χ1v) is 7.29. The van der Waals surface area contributed by atoms with Crippen molar-refractivity contribution in [2.45, 2.75) is 44.3 Å². The number of hydrogen-bond donors (Lipinski definition) is 2. The minimum Gasteiger partial charge on any atom is -0.329 e. The van der Waals surface area contributed by atoms with Crippen LogP contribution in [0.2, 0.25) is 0 Å². The molecule has 1 unspecified atom stereocenters. The van der Waals surface area contributed by atoms with Gasteiger partial charge in [-0.3, -0.25) is 0 Å². The molecule has 0 aliphatic heterocycles. The molecule has 0 radical (unpaired) electrons. The Balaban J connectivity index is 2.35. The number of nitrogens with one attached hydrogen (secondary N) is 1. The molecule has 0 bridgehead atoms. The van der Waals surface area contributed by atoms with Crippen LogP contribution in [0.3, 0.4) is 0 Å². The average Bonchev–Trinajstić information content (AvgIpc) is 2.27. The summed E-state index contributed by atoms with van der Waals surface area (Å²) in [6.07, 6.45) is 6.07. The molecule has 1 fully saturated rings. The van der Waals surface area contributed by atoms with E-state index in [1.165, 1.54) is 19.3 Å². The molecule has 0 spiro atoms. The molecule has 0 aromatic heterocycles. The second kappa shape index (κ2) is 5.82. The molecule has 0 heterocycles. The predicted molar refractivity (Wildman–Crippen MR) is 62.0 cm³/mol. The maximum Gasteiger partial charge on any atom is 0.215 e. The van der Waals surface area contributed by atoms with Crippen LogP contribution in [0.5, 0.6) is 0 Å². The Labute approximate surface area is 92.7 Å². The van der Waals surface area contributed by atoms with Gasteiger partial charge in [0.1, 0.15) is 0 Å². The molecule has 15 heavy (non-hydrogen) atoms. The van der Waals surface area contributed by atoms with Gasteiger partial charge < -0.3 is 5.73 Å². The summed E-state index contributed by atoms with van der Waals surface area (Å²) in [6.45, 7) is 2.41. The van der Waals surface area contributed by atoms with E-state index in [-0.39, 0.29) is 6.54 Å². The number of nitrogens with two attached hydrogens (primary N) is 1. The Hall–Kier alpha value is -0.130. The summed E-state index contributed by atoms with van der Waals surface area (Å²) in [5.41, 5.74) is 5.35. The zero-order chi connectivity index (χ0) is 11.3. The van der Waals surface area contributed by atoms with Crippen LogP contribution in [-0.4, -0.2) is 26.8 Å². The van der Waals surface area contributed by atoms with Gasteiger partial charge in [0, 0.05) is 13.1 Å². The van der Waals surface area contributed by atoms with Crippen molar-refractivity contribution in [3.8, 4) is 0 Å². The molecule has 1 rings (SSSR count). The third-order valence-corrected chi connectivity index (χ3v) is 4.98. The molecule has 0 amide bonds. The lowest BCUT2D eigenvalue weighted by atomic mass is 9.90. The van der Waals surface area contributed by atoms with Gasteiger partial charge in [-0.25, -0.2) is 13.1 Å². The Kier molecular flexibility index (Phi) is 5.02. The van der Waals surface area contributed by atoms with E-state index in [1.54, 1.807) is 6.92 Å². The zero-order valence-corrected chi connectivity index (χ0v) is 10.2. The third-order valence-electron chi connectivity index (χ3n) is 3.16. The van der Waals surface area contributed by atoms with E-state index in [0.29, 0.717) is 12.5 Å². The Morgan fingerprint density at radius 3 is 2.47 bits per heavy atom. The lowest BCUT2D eigenvalue weighted by molar-refractivity contribution is 0.356. The summed E-state index contributed by atoms with van der Waals surface area (Å²) < 4.78 is 25.9. The Bertz CT molecular complexity index is 271. The van der Waals surface area contributed by atoms with Gasteiger partial charge in [-0.15, -0.1) is 0 Å². The quantitative estimate of drug-likeness (QED) is 0.740. The second-order valence-corrected chi connectivity index (χ2v) is 6.63. The lowest BCUT2D eigenvalue weighted by Gasteiger charge is -2.22.